The van der Waals surface area contributed by atoms with E-state index in [1.807, 2.05) is 12.1 Å². The molecular formula is C12H9O3Si2. The Kier molecular flexibility index (Phi) is 3.62. The molecule has 0 unspecified atom stereocenters. The number of phenols is 2. The third-order valence-electron chi connectivity index (χ3n) is 2.38. The molecule has 0 aromatic heterocycles. The third-order valence-corrected chi connectivity index (χ3v) is 3.42. The number of benzene rings is 2. The zero-order valence-electron chi connectivity index (χ0n) is 8.84. The molecule has 0 aliphatic heterocycles. The van der Waals surface area contributed by atoms with Crippen LogP contribution in [0.3, 0.4) is 0 Å². The Balaban J connectivity index is 2.61. The molecule has 0 amide bonds. The van der Waals surface area contributed by atoms with Crippen molar-refractivity contribution in [2.75, 3.05) is 0 Å². The summed E-state index contributed by atoms with van der Waals surface area (Å²) in [7, 11) is 3.00. The van der Waals surface area contributed by atoms with Crippen LogP contribution in [0.1, 0.15) is 0 Å². The quantitative estimate of drug-likeness (QED) is 0.810. The van der Waals surface area contributed by atoms with E-state index in [2.05, 4.69) is 10.5 Å². The highest BCUT2D eigenvalue weighted by Gasteiger charge is 2.13. The van der Waals surface area contributed by atoms with Crippen LogP contribution in [0.2, 0.25) is 0 Å². The minimum Gasteiger partial charge on any atom is -0.507 e. The highest BCUT2D eigenvalue weighted by atomic mass is 28.3. The van der Waals surface area contributed by atoms with Gasteiger partial charge in [0.05, 0.1) is 0 Å². The highest BCUT2D eigenvalue weighted by molar-refractivity contribution is 6.53. The second kappa shape index (κ2) is 5.18. The third kappa shape index (κ3) is 2.41. The molecule has 2 N–H and O–H groups in total. The molecule has 0 fully saturated rings. The van der Waals surface area contributed by atoms with Gasteiger partial charge < -0.3 is 14.3 Å². The summed E-state index contributed by atoms with van der Waals surface area (Å²) in [4.78, 5) is 0. The molecule has 0 atom stereocenters. The Hall–Kier alpha value is -1.57. The molecule has 5 radical (unpaired) electrons. The molecule has 0 heterocycles. The molecule has 0 spiro atoms. The maximum absolute atomic E-state index is 9.92. The van der Waals surface area contributed by atoms with Crippen molar-refractivity contribution in [2.24, 2.45) is 0 Å². The monoisotopic (exact) mass is 257 g/mol. The number of para-hydroxylation sites is 1. The van der Waals surface area contributed by atoms with Crippen LogP contribution >= 0.6 is 0 Å². The molecule has 0 bridgehead atoms. The van der Waals surface area contributed by atoms with Crippen molar-refractivity contribution in [1.29, 1.82) is 0 Å². The maximum Gasteiger partial charge on any atom is 0.257 e. The number of rotatable bonds is 3. The average molecular weight is 257 g/mol. The Bertz CT molecular complexity index is 529. The molecule has 0 aliphatic rings. The van der Waals surface area contributed by atoms with Gasteiger partial charge in [0.15, 0.2) is 0 Å². The topological polar surface area (TPSA) is 49.7 Å². The fourth-order valence-electron chi connectivity index (χ4n) is 1.65. The minimum atomic E-state index is 0.0467. The molecule has 2 aromatic carbocycles. The lowest BCUT2D eigenvalue weighted by atomic mass is 10.0. The molecule has 2 aromatic rings. The number of phenolic OH excluding ortho intramolecular Hbond substituents is 2. The average Bonchev–Trinajstić information content (AvgIpc) is 2.31. The van der Waals surface area contributed by atoms with E-state index in [4.69, 9.17) is 4.12 Å². The molecule has 5 heteroatoms. The van der Waals surface area contributed by atoms with Crippen LogP contribution in [0.15, 0.2) is 42.5 Å². The summed E-state index contributed by atoms with van der Waals surface area (Å²) in [5.74, 6) is 0.259. The van der Waals surface area contributed by atoms with E-state index in [0.717, 1.165) is 5.19 Å². The SMILES string of the molecule is Oc1ccccc1-c1c(O)cccc1[Si]O[Si]. The van der Waals surface area contributed by atoms with Crippen molar-refractivity contribution in [3.63, 3.8) is 0 Å². The van der Waals surface area contributed by atoms with Crippen LogP contribution in [-0.2, 0) is 4.12 Å². The van der Waals surface area contributed by atoms with Gasteiger partial charge in [0.2, 0.25) is 10.5 Å². The summed E-state index contributed by atoms with van der Waals surface area (Å²) >= 11 is 0. The van der Waals surface area contributed by atoms with E-state index in [-0.39, 0.29) is 21.3 Å². The fourth-order valence-corrected chi connectivity index (χ4v) is 2.62. The standard InChI is InChI=1S/C12H9O3Si2/c13-9-5-2-1-4-8(9)12-10(14)6-3-7-11(12)17-15-16/h1-7,13-14H. The van der Waals surface area contributed by atoms with Gasteiger partial charge in [0.1, 0.15) is 11.5 Å². The Morgan fingerprint density at radius 1 is 0.941 bits per heavy atom. The van der Waals surface area contributed by atoms with Crippen molar-refractivity contribution in [3.05, 3.63) is 42.5 Å². The lowest BCUT2D eigenvalue weighted by Crippen LogP contribution is -2.19. The normalized spacial score (nSPS) is 10.4. The number of hydrogen-bond donors (Lipinski definition) is 2. The summed E-state index contributed by atoms with van der Waals surface area (Å²) in [6.07, 6.45) is 0. The summed E-state index contributed by atoms with van der Waals surface area (Å²) < 4.78 is 4.93. The molecule has 3 nitrogen and oxygen atoms in total. The van der Waals surface area contributed by atoms with Crippen LogP contribution in [0.25, 0.3) is 11.1 Å². The van der Waals surface area contributed by atoms with E-state index in [1.165, 1.54) is 0 Å². The molecule has 0 saturated heterocycles. The fraction of sp³-hybridized carbons (Fsp3) is 0. The first-order valence-electron chi connectivity index (χ1n) is 4.93. The molecule has 83 valence electrons. The smallest absolute Gasteiger partial charge is 0.257 e. The van der Waals surface area contributed by atoms with Gasteiger partial charge in [-0.05, 0) is 17.3 Å². The van der Waals surface area contributed by atoms with E-state index in [1.54, 1.807) is 30.3 Å². The van der Waals surface area contributed by atoms with Gasteiger partial charge in [-0.25, -0.2) is 0 Å². The largest absolute Gasteiger partial charge is 0.507 e. The van der Waals surface area contributed by atoms with E-state index in [9.17, 15) is 10.2 Å². The first kappa shape index (κ1) is 11.9. The van der Waals surface area contributed by atoms with Gasteiger partial charge in [-0.3, -0.25) is 0 Å². The van der Waals surface area contributed by atoms with Crippen LogP contribution in [0.4, 0.5) is 0 Å². The van der Waals surface area contributed by atoms with Crippen molar-refractivity contribution in [3.8, 4) is 22.6 Å². The van der Waals surface area contributed by atoms with Crippen molar-refractivity contribution >= 4 is 25.4 Å². The summed E-state index contributed by atoms with van der Waals surface area (Å²) in [5.41, 5.74) is 1.19. The van der Waals surface area contributed by atoms with Gasteiger partial charge in [0, 0.05) is 11.1 Å². The van der Waals surface area contributed by atoms with Gasteiger partial charge in [-0.1, -0.05) is 30.3 Å². The predicted octanol–water partition coefficient (Wildman–Crippen LogP) is 1.11. The number of hydrogen-bond acceptors (Lipinski definition) is 3. The second-order valence-electron chi connectivity index (χ2n) is 3.42. The van der Waals surface area contributed by atoms with Gasteiger partial charge in [-0.15, -0.1) is 0 Å². The summed E-state index contributed by atoms with van der Waals surface area (Å²) in [6, 6.07) is 12.1. The van der Waals surface area contributed by atoms with Crippen LogP contribution in [-0.4, -0.2) is 30.5 Å². The van der Waals surface area contributed by atoms with Crippen LogP contribution in [0.5, 0.6) is 11.5 Å². The Morgan fingerprint density at radius 3 is 2.35 bits per heavy atom. The molecule has 0 saturated carbocycles. The Morgan fingerprint density at radius 2 is 1.65 bits per heavy atom. The van der Waals surface area contributed by atoms with E-state index < -0.39 is 0 Å². The zero-order valence-corrected chi connectivity index (χ0v) is 10.8. The highest BCUT2D eigenvalue weighted by Crippen LogP contribution is 2.33. The minimum absolute atomic E-state index is 0.0467. The lowest BCUT2D eigenvalue weighted by Gasteiger charge is -2.11. The van der Waals surface area contributed by atoms with Gasteiger partial charge >= 0.3 is 0 Å². The first-order valence-corrected chi connectivity index (χ1v) is 6.24. The predicted molar refractivity (Wildman–Crippen MR) is 67.4 cm³/mol. The summed E-state index contributed by atoms with van der Waals surface area (Å²) in [5, 5.41) is 20.6. The second-order valence-corrected chi connectivity index (χ2v) is 4.98. The van der Waals surface area contributed by atoms with Crippen LogP contribution in [0, 0.1) is 0 Å². The van der Waals surface area contributed by atoms with E-state index >= 15 is 0 Å². The Labute approximate surface area is 105 Å². The van der Waals surface area contributed by atoms with Gasteiger partial charge in [-0.2, -0.15) is 0 Å². The molecule has 2 rings (SSSR count). The molecular weight excluding hydrogens is 248 g/mol. The number of aromatic hydroxyl groups is 2. The summed E-state index contributed by atoms with van der Waals surface area (Å²) in [6.45, 7) is 0. The van der Waals surface area contributed by atoms with Crippen molar-refractivity contribution in [2.45, 2.75) is 0 Å². The molecule has 17 heavy (non-hydrogen) atoms. The van der Waals surface area contributed by atoms with Crippen molar-refractivity contribution < 1.29 is 14.3 Å². The lowest BCUT2D eigenvalue weighted by molar-refractivity contribution is 0.469. The molecule has 0 aliphatic carbocycles. The maximum atomic E-state index is 9.92. The zero-order chi connectivity index (χ0) is 12.3. The van der Waals surface area contributed by atoms with Gasteiger partial charge in [0.25, 0.3) is 9.76 Å². The van der Waals surface area contributed by atoms with E-state index in [0.29, 0.717) is 11.1 Å². The van der Waals surface area contributed by atoms with Crippen molar-refractivity contribution in [1.82, 2.24) is 0 Å². The first-order chi connectivity index (χ1) is 8.24. The van der Waals surface area contributed by atoms with Crippen LogP contribution < -0.4 is 5.19 Å².